The molecule has 0 aliphatic rings. The fourth-order valence-corrected chi connectivity index (χ4v) is 0.848. The standard InChI is InChI=1S/C9H11N3O2.C2HF3O2/c1-6(8(10)13)12-9(14)7-3-2-4-11-5-7;3-2(4,5)1(6)7/h2-6H,1H3,(H2,10,13)(H,12,14);(H,6,7)/t6-;/m1./s1. The monoisotopic (exact) mass is 307 g/mol. The molecule has 0 aliphatic carbocycles. The molecule has 2 amide bonds. The van der Waals surface area contributed by atoms with Crippen molar-refractivity contribution in [1.29, 1.82) is 0 Å². The van der Waals surface area contributed by atoms with Crippen molar-refractivity contribution >= 4 is 17.8 Å². The second-order valence-electron chi connectivity index (χ2n) is 3.64. The number of alkyl halides is 3. The van der Waals surface area contributed by atoms with Gasteiger partial charge in [-0.3, -0.25) is 14.6 Å². The van der Waals surface area contributed by atoms with E-state index in [-0.39, 0.29) is 5.91 Å². The lowest BCUT2D eigenvalue weighted by atomic mass is 10.2. The number of rotatable bonds is 3. The van der Waals surface area contributed by atoms with Gasteiger partial charge in [-0.2, -0.15) is 13.2 Å². The Balaban J connectivity index is 0.000000486. The van der Waals surface area contributed by atoms with Gasteiger partial charge in [-0.15, -0.1) is 0 Å². The summed E-state index contributed by atoms with van der Waals surface area (Å²) in [6.45, 7) is 1.52. The normalized spacial score (nSPS) is 11.6. The Morgan fingerprint density at radius 2 is 1.90 bits per heavy atom. The molecule has 1 heterocycles. The van der Waals surface area contributed by atoms with Crippen LogP contribution in [0.25, 0.3) is 0 Å². The van der Waals surface area contributed by atoms with Crippen LogP contribution in [-0.2, 0) is 9.59 Å². The Morgan fingerprint density at radius 3 is 2.24 bits per heavy atom. The maximum absolute atomic E-state index is 11.4. The fourth-order valence-electron chi connectivity index (χ4n) is 0.848. The molecule has 1 rings (SSSR count). The van der Waals surface area contributed by atoms with Crippen molar-refractivity contribution in [1.82, 2.24) is 10.3 Å². The Morgan fingerprint density at radius 1 is 1.38 bits per heavy atom. The van der Waals surface area contributed by atoms with Gasteiger partial charge in [0.15, 0.2) is 0 Å². The summed E-state index contributed by atoms with van der Waals surface area (Å²) in [6.07, 6.45) is -2.10. The molecule has 116 valence electrons. The molecule has 0 bridgehead atoms. The van der Waals surface area contributed by atoms with Crippen LogP contribution in [-0.4, -0.2) is 40.1 Å². The topological polar surface area (TPSA) is 122 Å². The number of nitrogens with zero attached hydrogens (tertiary/aromatic N) is 1. The van der Waals surface area contributed by atoms with Gasteiger partial charge in [0, 0.05) is 12.4 Å². The highest BCUT2D eigenvalue weighted by atomic mass is 19.4. The van der Waals surface area contributed by atoms with E-state index in [1.165, 1.54) is 13.1 Å². The minimum Gasteiger partial charge on any atom is -0.475 e. The molecular weight excluding hydrogens is 295 g/mol. The molecule has 1 aromatic heterocycles. The highest BCUT2D eigenvalue weighted by molar-refractivity contribution is 5.96. The minimum atomic E-state index is -5.08. The molecule has 0 saturated carbocycles. The largest absolute Gasteiger partial charge is 0.490 e. The molecule has 0 fully saturated rings. The number of nitrogens with one attached hydrogen (secondary N) is 1. The molecule has 0 saturated heterocycles. The molecule has 0 spiro atoms. The lowest BCUT2D eigenvalue weighted by Gasteiger charge is -2.09. The number of carboxylic acids is 1. The summed E-state index contributed by atoms with van der Waals surface area (Å²) < 4.78 is 31.7. The Hall–Kier alpha value is -2.65. The van der Waals surface area contributed by atoms with Crippen LogP contribution in [0.5, 0.6) is 0 Å². The third kappa shape index (κ3) is 7.50. The number of carboxylic acid groups (broad SMARTS) is 1. The molecule has 10 heteroatoms. The predicted molar refractivity (Wildman–Crippen MR) is 64.1 cm³/mol. The summed E-state index contributed by atoms with van der Waals surface area (Å²) in [5.74, 6) is -3.68. The molecule has 4 N–H and O–H groups in total. The van der Waals surface area contributed by atoms with E-state index < -0.39 is 24.1 Å². The van der Waals surface area contributed by atoms with Crippen molar-refractivity contribution < 1.29 is 32.7 Å². The van der Waals surface area contributed by atoms with Crippen LogP contribution in [0.3, 0.4) is 0 Å². The molecule has 0 aliphatic heterocycles. The first-order valence-corrected chi connectivity index (χ1v) is 5.36. The van der Waals surface area contributed by atoms with Gasteiger partial charge in [0.25, 0.3) is 5.91 Å². The van der Waals surface area contributed by atoms with Crippen LogP contribution in [0.15, 0.2) is 24.5 Å². The first-order valence-electron chi connectivity index (χ1n) is 5.36. The Bertz CT molecular complexity index is 505. The smallest absolute Gasteiger partial charge is 0.475 e. The van der Waals surface area contributed by atoms with Crippen molar-refractivity contribution in [3.05, 3.63) is 30.1 Å². The van der Waals surface area contributed by atoms with Crippen molar-refractivity contribution in [3.63, 3.8) is 0 Å². The molecule has 0 aromatic carbocycles. The molecule has 21 heavy (non-hydrogen) atoms. The van der Waals surface area contributed by atoms with Crippen molar-refractivity contribution in [2.24, 2.45) is 5.73 Å². The van der Waals surface area contributed by atoms with Crippen LogP contribution in [0, 0.1) is 0 Å². The van der Waals surface area contributed by atoms with Gasteiger partial charge in [-0.25, -0.2) is 4.79 Å². The summed E-state index contributed by atoms with van der Waals surface area (Å²) in [5.41, 5.74) is 5.40. The van der Waals surface area contributed by atoms with Crippen molar-refractivity contribution in [2.75, 3.05) is 0 Å². The number of amides is 2. The maximum atomic E-state index is 11.4. The van der Waals surface area contributed by atoms with E-state index in [2.05, 4.69) is 10.3 Å². The molecule has 7 nitrogen and oxygen atoms in total. The highest BCUT2D eigenvalue weighted by Gasteiger charge is 2.38. The van der Waals surface area contributed by atoms with Gasteiger partial charge < -0.3 is 16.2 Å². The minimum absolute atomic E-state index is 0.357. The predicted octanol–water partition coefficient (Wildman–Crippen LogP) is 0.318. The van der Waals surface area contributed by atoms with Crippen LogP contribution in [0.4, 0.5) is 13.2 Å². The van der Waals surface area contributed by atoms with Gasteiger partial charge in [0.2, 0.25) is 5.91 Å². The SMILES string of the molecule is C[C@@H](NC(=O)c1cccnc1)C(N)=O.O=C(O)C(F)(F)F. The number of primary amides is 1. The lowest BCUT2D eigenvalue weighted by Crippen LogP contribution is -2.42. The van der Waals surface area contributed by atoms with E-state index in [1.54, 1.807) is 18.3 Å². The van der Waals surface area contributed by atoms with Crippen LogP contribution >= 0.6 is 0 Å². The van der Waals surface area contributed by atoms with E-state index in [0.29, 0.717) is 5.56 Å². The summed E-state index contributed by atoms with van der Waals surface area (Å²) in [6, 6.07) is 2.57. The zero-order valence-corrected chi connectivity index (χ0v) is 10.7. The zero-order chi connectivity index (χ0) is 16.6. The van der Waals surface area contributed by atoms with Gasteiger partial charge in [-0.1, -0.05) is 0 Å². The van der Waals surface area contributed by atoms with Crippen molar-refractivity contribution in [2.45, 2.75) is 19.1 Å². The molecule has 1 aromatic rings. The third-order valence-corrected chi connectivity index (χ3v) is 1.94. The molecule has 0 radical (unpaired) electrons. The van der Waals surface area contributed by atoms with E-state index in [0.717, 1.165) is 0 Å². The first kappa shape index (κ1) is 18.4. The van der Waals surface area contributed by atoms with Gasteiger partial charge in [0.1, 0.15) is 6.04 Å². The van der Waals surface area contributed by atoms with E-state index >= 15 is 0 Å². The fraction of sp³-hybridized carbons (Fsp3) is 0.273. The number of hydrogen-bond acceptors (Lipinski definition) is 4. The van der Waals surface area contributed by atoms with Crippen molar-refractivity contribution in [3.8, 4) is 0 Å². The summed E-state index contributed by atoms with van der Waals surface area (Å²) in [4.78, 5) is 34.7. The van der Waals surface area contributed by atoms with E-state index in [1.807, 2.05) is 0 Å². The second-order valence-corrected chi connectivity index (χ2v) is 3.64. The lowest BCUT2D eigenvalue weighted by molar-refractivity contribution is -0.192. The second kappa shape index (κ2) is 7.82. The van der Waals surface area contributed by atoms with Gasteiger partial charge >= 0.3 is 12.1 Å². The maximum Gasteiger partial charge on any atom is 0.490 e. The number of aliphatic carboxylic acids is 1. The van der Waals surface area contributed by atoms with Gasteiger partial charge in [-0.05, 0) is 19.1 Å². The van der Waals surface area contributed by atoms with Gasteiger partial charge in [0.05, 0.1) is 5.56 Å². The first-order chi connectivity index (χ1) is 9.55. The number of aromatic nitrogens is 1. The average molecular weight is 307 g/mol. The highest BCUT2D eigenvalue weighted by Crippen LogP contribution is 2.13. The molecular formula is C11H12F3N3O4. The number of carbonyl (C=O) groups is 3. The summed E-state index contributed by atoms with van der Waals surface area (Å²) in [7, 11) is 0. The molecule has 0 unspecified atom stereocenters. The zero-order valence-electron chi connectivity index (χ0n) is 10.7. The Labute approximate surface area is 117 Å². The number of nitrogens with two attached hydrogens (primary N) is 1. The van der Waals surface area contributed by atoms with Crippen LogP contribution < -0.4 is 11.1 Å². The summed E-state index contributed by atoms with van der Waals surface area (Å²) >= 11 is 0. The number of carbonyl (C=O) groups excluding carboxylic acids is 2. The number of hydrogen-bond donors (Lipinski definition) is 3. The number of halogens is 3. The van der Waals surface area contributed by atoms with E-state index in [4.69, 9.17) is 15.6 Å². The van der Waals surface area contributed by atoms with Crippen LogP contribution in [0.2, 0.25) is 0 Å². The quantitative estimate of drug-likeness (QED) is 0.742. The third-order valence-electron chi connectivity index (χ3n) is 1.94. The average Bonchev–Trinajstić information content (AvgIpc) is 2.39. The Kier molecular flexibility index (Phi) is 6.84. The van der Waals surface area contributed by atoms with E-state index in [9.17, 15) is 22.8 Å². The van der Waals surface area contributed by atoms with Crippen LogP contribution in [0.1, 0.15) is 17.3 Å². The molecule has 1 atom stereocenters. The summed E-state index contributed by atoms with van der Waals surface area (Å²) in [5, 5.41) is 9.57. The number of pyridine rings is 1.